The van der Waals surface area contributed by atoms with Crippen LogP contribution in [0.1, 0.15) is 11.1 Å². The molecule has 9 nitrogen and oxygen atoms in total. The molecule has 0 amide bonds. The van der Waals surface area contributed by atoms with Crippen molar-refractivity contribution >= 4 is 34.0 Å². The number of ether oxygens (including phenoxy) is 2. The molecule has 0 unspecified atom stereocenters. The summed E-state index contributed by atoms with van der Waals surface area (Å²) in [6, 6.07) is 18.2. The van der Waals surface area contributed by atoms with E-state index in [9.17, 15) is 10.1 Å². The maximum atomic E-state index is 11.0. The Labute approximate surface area is 204 Å². The van der Waals surface area contributed by atoms with Gasteiger partial charge in [-0.2, -0.15) is 4.52 Å². The predicted octanol–water partition coefficient (Wildman–Crippen LogP) is 5.47. The van der Waals surface area contributed by atoms with Gasteiger partial charge in [0.2, 0.25) is 0 Å². The minimum atomic E-state index is -0.433. The van der Waals surface area contributed by atoms with Crippen molar-refractivity contribution in [1.29, 1.82) is 0 Å². The van der Waals surface area contributed by atoms with Gasteiger partial charge in [0.1, 0.15) is 0 Å². The molecule has 0 atom stereocenters. The summed E-state index contributed by atoms with van der Waals surface area (Å²) in [6.07, 6.45) is 0. The van der Waals surface area contributed by atoms with Crippen molar-refractivity contribution < 1.29 is 14.4 Å². The Morgan fingerprint density at radius 3 is 2.31 bits per heavy atom. The second-order valence-corrected chi connectivity index (χ2v) is 8.81. The lowest BCUT2D eigenvalue weighted by molar-refractivity contribution is -0.384. The highest BCUT2D eigenvalue weighted by molar-refractivity contribution is 7.98. The van der Waals surface area contributed by atoms with Gasteiger partial charge in [-0.05, 0) is 30.7 Å². The number of hydrogen-bond donors (Lipinski definition) is 0. The first-order valence-corrected chi connectivity index (χ1v) is 11.7. The van der Waals surface area contributed by atoms with Crippen LogP contribution < -0.4 is 9.47 Å². The third kappa shape index (κ3) is 4.35. The third-order valence-electron chi connectivity index (χ3n) is 5.57. The topological polar surface area (TPSA) is 105 Å². The van der Waals surface area contributed by atoms with Crippen molar-refractivity contribution in [3.63, 3.8) is 0 Å². The fraction of sp³-hybridized carbons (Fsp3) is 0.160. The highest BCUT2D eigenvalue weighted by atomic mass is 32.2. The van der Waals surface area contributed by atoms with E-state index in [1.54, 1.807) is 42.6 Å². The number of aromatic nitrogens is 4. The smallest absolute Gasteiger partial charge is 0.269 e. The minimum Gasteiger partial charge on any atom is -0.493 e. The maximum absolute atomic E-state index is 11.0. The fourth-order valence-corrected chi connectivity index (χ4v) is 4.59. The zero-order valence-corrected chi connectivity index (χ0v) is 20.1. The van der Waals surface area contributed by atoms with Gasteiger partial charge in [0, 0.05) is 34.9 Å². The van der Waals surface area contributed by atoms with E-state index in [2.05, 4.69) is 31.2 Å². The molecular formula is C25H21N5O4S. The van der Waals surface area contributed by atoms with Crippen LogP contribution >= 0.6 is 11.8 Å². The van der Waals surface area contributed by atoms with Gasteiger partial charge in [-0.25, -0.2) is 9.97 Å². The summed E-state index contributed by atoms with van der Waals surface area (Å²) in [6.45, 7) is 2.06. The lowest BCUT2D eigenvalue weighted by Gasteiger charge is -2.11. The molecule has 0 bridgehead atoms. The zero-order valence-electron chi connectivity index (χ0n) is 19.3. The molecule has 0 aliphatic heterocycles. The summed E-state index contributed by atoms with van der Waals surface area (Å²) in [5.74, 6) is 2.28. The second-order valence-electron chi connectivity index (χ2n) is 7.87. The summed E-state index contributed by atoms with van der Waals surface area (Å²) in [4.78, 5) is 20.2. The van der Waals surface area contributed by atoms with E-state index < -0.39 is 4.92 Å². The number of benzene rings is 3. The standard InChI is InChI=1S/C25H21N5O4S/c1-15-4-6-16(7-5-15)14-35-25-26-20-13-22(34-3)21(33-2)12-19(20)24-27-23(28-29(24)25)17-8-10-18(11-9-17)30(31)32/h4-13H,14H2,1-3H3. The van der Waals surface area contributed by atoms with Crippen molar-refractivity contribution in [2.75, 3.05) is 14.2 Å². The lowest BCUT2D eigenvalue weighted by atomic mass is 10.2. The zero-order chi connectivity index (χ0) is 24.5. The van der Waals surface area contributed by atoms with Crippen molar-refractivity contribution in [3.8, 4) is 22.9 Å². The molecule has 0 spiro atoms. The monoisotopic (exact) mass is 487 g/mol. The van der Waals surface area contributed by atoms with E-state index in [-0.39, 0.29) is 5.69 Å². The molecule has 2 aromatic heterocycles. The molecule has 35 heavy (non-hydrogen) atoms. The molecule has 2 heterocycles. The number of methoxy groups -OCH3 is 2. The van der Waals surface area contributed by atoms with Crippen LogP contribution in [0.5, 0.6) is 11.5 Å². The number of nitro groups is 1. The fourth-order valence-electron chi connectivity index (χ4n) is 3.69. The van der Waals surface area contributed by atoms with Gasteiger partial charge in [-0.15, -0.1) is 5.10 Å². The van der Waals surface area contributed by atoms with Crippen LogP contribution in [-0.2, 0) is 5.75 Å². The van der Waals surface area contributed by atoms with E-state index in [0.29, 0.717) is 45.0 Å². The van der Waals surface area contributed by atoms with Crippen molar-refractivity contribution in [2.45, 2.75) is 17.8 Å². The first-order valence-electron chi connectivity index (χ1n) is 10.7. The van der Waals surface area contributed by atoms with Crippen LogP contribution in [0.15, 0.2) is 65.8 Å². The van der Waals surface area contributed by atoms with Gasteiger partial charge in [0.15, 0.2) is 28.1 Å². The highest BCUT2D eigenvalue weighted by Gasteiger charge is 2.18. The van der Waals surface area contributed by atoms with E-state index >= 15 is 0 Å². The quantitative estimate of drug-likeness (QED) is 0.129. The van der Waals surface area contributed by atoms with Crippen LogP contribution in [0, 0.1) is 17.0 Å². The summed E-state index contributed by atoms with van der Waals surface area (Å²) in [5.41, 5.74) is 4.35. The number of rotatable bonds is 7. The number of aryl methyl sites for hydroxylation is 1. The molecule has 3 aromatic carbocycles. The van der Waals surface area contributed by atoms with Crippen molar-refractivity contribution in [2.24, 2.45) is 0 Å². The normalized spacial score (nSPS) is 11.2. The number of fused-ring (bicyclic) bond motifs is 3. The molecule has 176 valence electrons. The van der Waals surface area contributed by atoms with Crippen LogP contribution in [0.4, 0.5) is 5.69 Å². The van der Waals surface area contributed by atoms with Gasteiger partial charge in [-0.1, -0.05) is 41.6 Å². The number of thioether (sulfide) groups is 1. The molecule has 0 N–H and O–H groups in total. The average molecular weight is 488 g/mol. The first-order chi connectivity index (χ1) is 17.0. The Morgan fingerprint density at radius 1 is 0.971 bits per heavy atom. The second kappa shape index (κ2) is 9.22. The summed E-state index contributed by atoms with van der Waals surface area (Å²) < 4.78 is 12.7. The van der Waals surface area contributed by atoms with E-state index in [4.69, 9.17) is 24.5 Å². The molecule has 10 heteroatoms. The minimum absolute atomic E-state index is 0.0100. The van der Waals surface area contributed by atoms with Gasteiger partial charge in [-0.3, -0.25) is 10.1 Å². The average Bonchev–Trinajstić information content (AvgIpc) is 3.33. The van der Waals surface area contributed by atoms with Crippen molar-refractivity contribution in [3.05, 3.63) is 81.9 Å². The van der Waals surface area contributed by atoms with E-state index in [1.165, 1.54) is 23.3 Å². The van der Waals surface area contributed by atoms with Gasteiger partial charge in [0.25, 0.3) is 5.69 Å². The number of hydrogen-bond acceptors (Lipinski definition) is 8. The lowest BCUT2D eigenvalue weighted by Crippen LogP contribution is -2.00. The Balaban J connectivity index is 1.65. The largest absolute Gasteiger partial charge is 0.493 e. The van der Waals surface area contributed by atoms with Gasteiger partial charge in [0.05, 0.1) is 24.7 Å². The summed E-state index contributed by atoms with van der Waals surface area (Å²) in [5, 5.41) is 17.2. The summed E-state index contributed by atoms with van der Waals surface area (Å²) in [7, 11) is 3.16. The van der Waals surface area contributed by atoms with E-state index in [0.717, 1.165) is 5.39 Å². The Kier molecular flexibility index (Phi) is 5.96. The number of nitrogens with zero attached hydrogens (tertiary/aromatic N) is 5. The molecular weight excluding hydrogens is 466 g/mol. The molecule has 0 radical (unpaired) electrons. The summed E-state index contributed by atoms with van der Waals surface area (Å²) >= 11 is 1.55. The SMILES string of the molecule is COc1cc2nc(SCc3ccc(C)cc3)n3nc(-c4ccc([N+](=O)[O-])cc4)nc3c2cc1OC. The predicted molar refractivity (Wildman–Crippen MR) is 134 cm³/mol. The highest BCUT2D eigenvalue weighted by Crippen LogP contribution is 2.35. The Bertz CT molecular complexity index is 1550. The molecule has 5 aromatic rings. The van der Waals surface area contributed by atoms with E-state index in [1.807, 2.05) is 12.1 Å². The molecule has 0 saturated carbocycles. The van der Waals surface area contributed by atoms with Crippen LogP contribution in [-0.4, -0.2) is 38.7 Å². The van der Waals surface area contributed by atoms with Crippen molar-refractivity contribution in [1.82, 2.24) is 19.6 Å². The third-order valence-corrected chi connectivity index (χ3v) is 6.57. The Morgan fingerprint density at radius 2 is 1.66 bits per heavy atom. The Hall–Kier alpha value is -4.18. The van der Waals surface area contributed by atoms with Crippen LogP contribution in [0.3, 0.4) is 0 Å². The van der Waals surface area contributed by atoms with Crippen LogP contribution in [0.2, 0.25) is 0 Å². The molecule has 0 fully saturated rings. The van der Waals surface area contributed by atoms with Gasteiger partial charge >= 0.3 is 0 Å². The first kappa shape index (κ1) is 22.6. The number of non-ortho nitro benzene ring substituents is 1. The molecule has 0 aliphatic carbocycles. The van der Waals surface area contributed by atoms with Gasteiger partial charge < -0.3 is 9.47 Å². The van der Waals surface area contributed by atoms with Crippen LogP contribution in [0.25, 0.3) is 27.9 Å². The molecule has 0 aliphatic rings. The molecule has 0 saturated heterocycles. The molecule has 5 rings (SSSR count). The maximum Gasteiger partial charge on any atom is 0.269 e. The number of nitro benzene ring substituents is 1.